The zero-order chi connectivity index (χ0) is 17.6. The van der Waals surface area contributed by atoms with Crippen molar-refractivity contribution in [1.82, 2.24) is 5.43 Å². The Balaban J connectivity index is 1.60. The average Bonchev–Trinajstić information content (AvgIpc) is 3.07. The van der Waals surface area contributed by atoms with Crippen molar-refractivity contribution in [3.05, 3.63) is 82.8 Å². The van der Waals surface area contributed by atoms with Crippen LogP contribution in [0.2, 0.25) is 5.02 Å². The van der Waals surface area contributed by atoms with E-state index in [4.69, 9.17) is 16.0 Å². The number of amides is 1. The Kier molecular flexibility index (Phi) is 5.26. The van der Waals surface area contributed by atoms with Crippen LogP contribution < -0.4 is 5.43 Å². The normalized spacial score (nSPS) is 11.0. The summed E-state index contributed by atoms with van der Waals surface area (Å²) in [4.78, 5) is 11.8. The standard InChI is InChI=1S/C19H14ClFN2O2/c20-16-11-14(6-8-17(16)21)18-9-7-15(25-18)12-22-23-19(24)10-13-4-2-1-3-5-13/h1-9,11-12H,10H2,(H,23,24). The number of nitrogens with one attached hydrogen (secondary N) is 1. The number of benzene rings is 2. The van der Waals surface area contributed by atoms with Crippen molar-refractivity contribution in [3.63, 3.8) is 0 Å². The van der Waals surface area contributed by atoms with Crippen LogP contribution in [0.5, 0.6) is 0 Å². The number of carbonyl (C=O) groups is 1. The molecule has 3 rings (SSSR count). The summed E-state index contributed by atoms with van der Waals surface area (Å²) < 4.78 is 18.8. The molecule has 0 atom stereocenters. The van der Waals surface area contributed by atoms with E-state index >= 15 is 0 Å². The van der Waals surface area contributed by atoms with Gasteiger partial charge >= 0.3 is 0 Å². The van der Waals surface area contributed by atoms with Gasteiger partial charge in [0.1, 0.15) is 17.3 Å². The minimum Gasteiger partial charge on any atom is -0.455 e. The van der Waals surface area contributed by atoms with Crippen molar-refractivity contribution < 1.29 is 13.6 Å². The van der Waals surface area contributed by atoms with Gasteiger partial charge in [-0.3, -0.25) is 4.79 Å². The van der Waals surface area contributed by atoms with Crippen LogP contribution in [0.3, 0.4) is 0 Å². The summed E-state index contributed by atoms with van der Waals surface area (Å²) in [6, 6.07) is 17.1. The van der Waals surface area contributed by atoms with E-state index in [1.54, 1.807) is 18.2 Å². The molecule has 0 unspecified atom stereocenters. The number of nitrogens with zero attached hydrogens (tertiary/aromatic N) is 1. The lowest BCUT2D eigenvalue weighted by molar-refractivity contribution is -0.120. The monoisotopic (exact) mass is 356 g/mol. The summed E-state index contributed by atoms with van der Waals surface area (Å²) in [6.07, 6.45) is 1.65. The fourth-order valence-electron chi connectivity index (χ4n) is 2.22. The molecule has 0 saturated heterocycles. The van der Waals surface area contributed by atoms with E-state index in [2.05, 4.69) is 10.5 Å². The molecule has 0 aliphatic rings. The Bertz CT molecular complexity index is 907. The molecule has 1 aromatic heterocycles. The van der Waals surface area contributed by atoms with Gasteiger partial charge in [0.15, 0.2) is 0 Å². The van der Waals surface area contributed by atoms with Crippen LogP contribution in [0.15, 0.2) is 70.2 Å². The first kappa shape index (κ1) is 16.9. The highest BCUT2D eigenvalue weighted by Gasteiger charge is 2.07. The van der Waals surface area contributed by atoms with E-state index in [9.17, 15) is 9.18 Å². The molecule has 1 amide bonds. The highest BCUT2D eigenvalue weighted by molar-refractivity contribution is 6.31. The predicted molar refractivity (Wildman–Crippen MR) is 95.0 cm³/mol. The molecule has 0 aliphatic carbocycles. The van der Waals surface area contributed by atoms with Crippen LogP contribution in [-0.2, 0) is 11.2 Å². The Labute approximate surface area is 148 Å². The molecule has 1 heterocycles. The third kappa shape index (κ3) is 4.55. The molecule has 0 aliphatic heterocycles. The van der Waals surface area contributed by atoms with Crippen LogP contribution in [0.4, 0.5) is 4.39 Å². The van der Waals surface area contributed by atoms with Crippen LogP contribution in [-0.4, -0.2) is 12.1 Å². The summed E-state index contributed by atoms with van der Waals surface area (Å²) in [6.45, 7) is 0. The lowest BCUT2D eigenvalue weighted by atomic mass is 10.1. The van der Waals surface area contributed by atoms with Gasteiger partial charge in [0.05, 0.1) is 17.7 Å². The van der Waals surface area contributed by atoms with Gasteiger partial charge in [-0.15, -0.1) is 0 Å². The average molecular weight is 357 g/mol. The van der Waals surface area contributed by atoms with Gasteiger partial charge in [-0.25, -0.2) is 9.82 Å². The number of carbonyl (C=O) groups excluding carboxylic acids is 1. The molecule has 4 nitrogen and oxygen atoms in total. The smallest absolute Gasteiger partial charge is 0.244 e. The molecular formula is C19H14ClFN2O2. The van der Waals surface area contributed by atoms with Crippen LogP contribution in [0.1, 0.15) is 11.3 Å². The molecule has 0 fully saturated rings. The molecule has 0 radical (unpaired) electrons. The Hall–Kier alpha value is -2.92. The van der Waals surface area contributed by atoms with E-state index in [0.717, 1.165) is 5.56 Å². The highest BCUT2D eigenvalue weighted by Crippen LogP contribution is 2.26. The Morgan fingerprint density at radius 2 is 1.96 bits per heavy atom. The summed E-state index contributed by atoms with van der Waals surface area (Å²) in [5.41, 5.74) is 4.00. The SMILES string of the molecule is O=C(Cc1ccccc1)NN=Cc1ccc(-c2ccc(F)c(Cl)c2)o1. The van der Waals surface area contributed by atoms with Crippen molar-refractivity contribution >= 4 is 23.7 Å². The summed E-state index contributed by atoms with van der Waals surface area (Å²) in [5, 5.41) is 3.90. The van der Waals surface area contributed by atoms with Crippen molar-refractivity contribution in [3.8, 4) is 11.3 Å². The van der Waals surface area contributed by atoms with Gasteiger partial charge in [0.2, 0.25) is 5.91 Å². The second-order valence-electron chi connectivity index (χ2n) is 5.29. The minimum absolute atomic E-state index is 0.0253. The number of hydrogen-bond acceptors (Lipinski definition) is 3. The summed E-state index contributed by atoms with van der Waals surface area (Å²) >= 11 is 5.76. The van der Waals surface area contributed by atoms with Gasteiger partial charge in [-0.2, -0.15) is 5.10 Å². The first-order valence-electron chi connectivity index (χ1n) is 7.53. The first-order valence-corrected chi connectivity index (χ1v) is 7.91. The third-order valence-corrected chi connectivity index (χ3v) is 3.71. The molecule has 1 N–H and O–H groups in total. The lowest BCUT2D eigenvalue weighted by Crippen LogP contribution is -2.19. The Morgan fingerprint density at radius 3 is 2.72 bits per heavy atom. The van der Waals surface area contributed by atoms with Gasteiger partial charge in [0, 0.05) is 5.56 Å². The van der Waals surface area contributed by atoms with Gasteiger partial charge < -0.3 is 4.42 Å². The quantitative estimate of drug-likeness (QED) is 0.543. The van der Waals surface area contributed by atoms with E-state index in [-0.39, 0.29) is 17.4 Å². The molecule has 126 valence electrons. The highest BCUT2D eigenvalue weighted by atomic mass is 35.5. The fraction of sp³-hybridized carbons (Fsp3) is 0.0526. The maximum atomic E-state index is 13.2. The van der Waals surface area contributed by atoms with Crippen molar-refractivity contribution in [2.24, 2.45) is 5.10 Å². The second-order valence-corrected chi connectivity index (χ2v) is 5.69. The Morgan fingerprint density at radius 1 is 1.16 bits per heavy atom. The molecule has 3 aromatic rings. The minimum atomic E-state index is -0.486. The molecule has 0 saturated carbocycles. The molecular weight excluding hydrogens is 343 g/mol. The van der Waals surface area contributed by atoms with Crippen LogP contribution in [0.25, 0.3) is 11.3 Å². The zero-order valence-electron chi connectivity index (χ0n) is 13.1. The number of furan rings is 1. The van der Waals surface area contributed by atoms with E-state index in [1.807, 2.05) is 30.3 Å². The number of halogens is 2. The van der Waals surface area contributed by atoms with E-state index in [0.29, 0.717) is 17.1 Å². The maximum absolute atomic E-state index is 13.2. The zero-order valence-corrected chi connectivity index (χ0v) is 13.8. The number of hydrogen-bond donors (Lipinski definition) is 1. The summed E-state index contributed by atoms with van der Waals surface area (Å²) in [5.74, 6) is 0.272. The first-order chi connectivity index (χ1) is 12.1. The number of rotatable bonds is 5. The van der Waals surface area contributed by atoms with Crippen molar-refractivity contribution in [1.29, 1.82) is 0 Å². The molecule has 25 heavy (non-hydrogen) atoms. The second kappa shape index (κ2) is 7.77. The number of hydrazone groups is 1. The van der Waals surface area contributed by atoms with Gasteiger partial charge in [0.25, 0.3) is 0 Å². The van der Waals surface area contributed by atoms with Crippen LogP contribution >= 0.6 is 11.6 Å². The molecule has 0 bridgehead atoms. The molecule has 0 spiro atoms. The van der Waals surface area contributed by atoms with Crippen molar-refractivity contribution in [2.45, 2.75) is 6.42 Å². The van der Waals surface area contributed by atoms with Crippen molar-refractivity contribution in [2.75, 3.05) is 0 Å². The van der Waals surface area contributed by atoms with Crippen LogP contribution in [0, 0.1) is 5.82 Å². The third-order valence-electron chi connectivity index (χ3n) is 3.42. The fourth-order valence-corrected chi connectivity index (χ4v) is 2.40. The maximum Gasteiger partial charge on any atom is 0.244 e. The van der Waals surface area contributed by atoms with E-state index < -0.39 is 5.82 Å². The lowest BCUT2D eigenvalue weighted by Gasteiger charge is -1.99. The summed E-state index contributed by atoms with van der Waals surface area (Å²) in [7, 11) is 0. The predicted octanol–water partition coefficient (Wildman–Crippen LogP) is 4.43. The molecule has 2 aromatic carbocycles. The molecule has 6 heteroatoms. The van der Waals surface area contributed by atoms with E-state index in [1.165, 1.54) is 18.3 Å². The topological polar surface area (TPSA) is 54.6 Å². The van der Waals surface area contributed by atoms with Gasteiger partial charge in [-0.1, -0.05) is 41.9 Å². The van der Waals surface area contributed by atoms with Gasteiger partial charge in [-0.05, 0) is 35.9 Å². The largest absolute Gasteiger partial charge is 0.455 e.